The highest BCUT2D eigenvalue weighted by atomic mass is 16.4. The molecule has 27 heavy (non-hydrogen) atoms. The molecule has 1 saturated heterocycles. The van der Waals surface area contributed by atoms with Gasteiger partial charge in [0, 0.05) is 18.7 Å². The highest BCUT2D eigenvalue weighted by molar-refractivity contribution is 5.95. The largest absolute Gasteiger partial charge is 0.481 e. The van der Waals surface area contributed by atoms with Gasteiger partial charge in [0.25, 0.3) is 0 Å². The summed E-state index contributed by atoms with van der Waals surface area (Å²) >= 11 is 0. The number of carboxylic acid groups (broad SMARTS) is 1. The lowest BCUT2D eigenvalue weighted by atomic mass is 9.80. The molecular weight excluding hydrogens is 342 g/mol. The van der Waals surface area contributed by atoms with E-state index in [4.69, 9.17) is 16.2 Å². The number of hydrogen-bond donors (Lipinski definition) is 3. The summed E-state index contributed by atoms with van der Waals surface area (Å²) in [5.41, 5.74) is 8.52. The first-order chi connectivity index (χ1) is 12.8. The molecular formula is C21H23N3O3. The summed E-state index contributed by atoms with van der Waals surface area (Å²) < 4.78 is 0. The predicted octanol–water partition coefficient (Wildman–Crippen LogP) is 2.60. The van der Waals surface area contributed by atoms with E-state index in [9.17, 15) is 9.59 Å². The van der Waals surface area contributed by atoms with Crippen molar-refractivity contribution >= 4 is 17.7 Å². The van der Waals surface area contributed by atoms with Crippen LogP contribution in [-0.4, -0.2) is 40.8 Å². The van der Waals surface area contributed by atoms with E-state index in [0.717, 1.165) is 16.7 Å². The molecule has 0 radical (unpaired) electrons. The van der Waals surface area contributed by atoms with Gasteiger partial charge in [-0.05, 0) is 30.0 Å². The van der Waals surface area contributed by atoms with Gasteiger partial charge in [0.2, 0.25) is 5.91 Å². The Kier molecular flexibility index (Phi) is 4.99. The average molecular weight is 365 g/mol. The van der Waals surface area contributed by atoms with Gasteiger partial charge in [0.1, 0.15) is 5.84 Å². The number of rotatable bonds is 6. The van der Waals surface area contributed by atoms with E-state index in [1.54, 1.807) is 4.90 Å². The van der Waals surface area contributed by atoms with Crippen molar-refractivity contribution in [3.63, 3.8) is 0 Å². The molecule has 6 nitrogen and oxygen atoms in total. The van der Waals surface area contributed by atoms with E-state index < -0.39 is 11.4 Å². The average Bonchev–Trinajstić information content (AvgIpc) is 2.96. The number of carbonyl (C=O) groups excluding carboxylic acids is 1. The highest BCUT2D eigenvalue weighted by Crippen LogP contribution is 2.36. The number of nitrogens with two attached hydrogens (primary N) is 1. The third-order valence-electron chi connectivity index (χ3n) is 5.29. The van der Waals surface area contributed by atoms with Gasteiger partial charge >= 0.3 is 5.97 Å². The number of likely N-dealkylation sites (tertiary alicyclic amines) is 1. The summed E-state index contributed by atoms with van der Waals surface area (Å²) in [6, 6.07) is 15.4. The number of amidine groups is 1. The molecule has 2 aromatic carbocycles. The van der Waals surface area contributed by atoms with E-state index in [1.165, 1.54) is 0 Å². The maximum Gasteiger partial charge on any atom is 0.305 e. The molecule has 1 heterocycles. The molecule has 0 aromatic heterocycles. The third kappa shape index (κ3) is 3.69. The lowest BCUT2D eigenvalue weighted by molar-refractivity contribution is -0.138. The Morgan fingerprint density at radius 3 is 2.22 bits per heavy atom. The lowest BCUT2D eigenvalue weighted by Gasteiger charge is -2.24. The van der Waals surface area contributed by atoms with Crippen molar-refractivity contribution in [3.8, 4) is 11.1 Å². The van der Waals surface area contributed by atoms with Crippen molar-refractivity contribution in [2.75, 3.05) is 13.1 Å². The summed E-state index contributed by atoms with van der Waals surface area (Å²) in [7, 11) is 0. The van der Waals surface area contributed by atoms with Crippen LogP contribution in [0.2, 0.25) is 0 Å². The molecule has 3 rings (SSSR count). The monoisotopic (exact) mass is 365 g/mol. The van der Waals surface area contributed by atoms with Crippen LogP contribution in [0.5, 0.6) is 0 Å². The molecule has 4 N–H and O–H groups in total. The fourth-order valence-corrected chi connectivity index (χ4v) is 3.50. The molecule has 0 bridgehead atoms. The number of hydrogen-bond acceptors (Lipinski definition) is 3. The van der Waals surface area contributed by atoms with Crippen LogP contribution >= 0.6 is 0 Å². The highest BCUT2D eigenvalue weighted by Gasteiger charge is 2.43. The van der Waals surface area contributed by atoms with Crippen LogP contribution in [0.25, 0.3) is 11.1 Å². The van der Waals surface area contributed by atoms with E-state index in [1.807, 2.05) is 55.5 Å². The normalized spacial score (nSPS) is 19.3. The van der Waals surface area contributed by atoms with Gasteiger partial charge in [-0.1, -0.05) is 48.5 Å². The molecule has 0 spiro atoms. The first-order valence-electron chi connectivity index (χ1n) is 8.88. The lowest BCUT2D eigenvalue weighted by Crippen LogP contribution is -2.36. The van der Waals surface area contributed by atoms with Gasteiger partial charge in [0.05, 0.1) is 11.8 Å². The predicted molar refractivity (Wildman–Crippen MR) is 104 cm³/mol. The molecule has 2 aromatic rings. The summed E-state index contributed by atoms with van der Waals surface area (Å²) in [6.07, 6.45) is 0.648. The minimum absolute atomic E-state index is 0.0117. The third-order valence-corrected chi connectivity index (χ3v) is 5.29. The Balaban J connectivity index is 1.77. The number of amides is 1. The van der Waals surface area contributed by atoms with Gasteiger partial charge in [-0.3, -0.25) is 15.0 Å². The van der Waals surface area contributed by atoms with Gasteiger partial charge in [0.15, 0.2) is 0 Å². The van der Waals surface area contributed by atoms with Crippen molar-refractivity contribution in [1.82, 2.24) is 4.90 Å². The molecule has 1 fully saturated rings. The van der Waals surface area contributed by atoms with Crippen LogP contribution in [-0.2, 0) is 15.0 Å². The first-order valence-corrected chi connectivity index (χ1v) is 8.88. The number of aliphatic carboxylic acids is 1. The standard InChI is InChI=1S/C21H23N3O3/c1-21(11-13-24(20(21)27)12-10-18(25)26)17-8-6-15(7-9-17)14-2-4-16(5-3-14)19(22)23/h2-9H,10-13H2,1H3,(H3,22,23)(H,25,26). The number of nitrogen functional groups attached to an aromatic ring is 1. The molecule has 1 atom stereocenters. The molecule has 1 amide bonds. The summed E-state index contributed by atoms with van der Waals surface area (Å²) in [4.78, 5) is 25.2. The Hall–Kier alpha value is -3.15. The zero-order valence-corrected chi connectivity index (χ0v) is 15.2. The van der Waals surface area contributed by atoms with Crippen LogP contribution in [0, 0.1) is 5.41 Å². The Bertz CT molecular complexity index is 875. The van der Waals surface area contributed by atoms with Crippen LogP contribution in [0.1, 0.15) is 30.9 Å². The second-order valence-corrected chi connectivity index (χ2v) is 7.09. The van der Waals surface area contributed by atoms with Crippen LogP contribution in [0.4, 0.5) is 0 Å². The van der Waals surface area contributed by atoms with E-state index in [-0.39, 0.29) is 24.7 Å². The molecule has 1 aliphatic rings. The van der Waals surface area contributed by atoms with Gasteiger partial charge < -0.3 is 15.7 Å². The number of benzene rings is 2. The van der Waals surface area contributed by atoms with Crippen molar-refractivity contribution in [2.24, 2.45) is 5.73 Å². The maximum absolute atomic E-state index is 12.8. The molecule has 6 heteroatoms. The molecule has 1 aliphatic heterocycles. The van der Waals surface area contributed by atoms with Gasteiger partial charge in [-0.2, -0.15) is 0 Å². The fourth-order valence-electron chi connectivity index (χ4n) is 3.50. The summed E-state index contributed by atoms with van der Waals surface area (Å²) in [5, 5.41) is 16.3. The second-order valence-electron chi connectivity index (χ2n) is 7.09. The van der Waals surface area contributed by atoms with Crippen LogP contribution < -0.4 is 5.73 Å². The van der Waals surface area contributed by atoms with Gasteiger partial charge in [-0.25, -0.2) is 0 Å². The Morgan fingerprint density at radius 2 is 1.70 bits per heavy atom. The van der Waals surface area contributed by atoms with Crippen LogP contribution in [0.15, 0.2) is 48.5 Å². The SMILES string of the molecule is CC1(c2ccc(-c3ccc(C(=N)N)cc3)cc2)CCN(CCC(=O)O)C1=O. The number of carboxylic acids is 1. The van der Waals surface area contributed by atoms with Crippen molar-refractivity contribution in [2.45, 2.75) is 25.2 Å². The molecule has 1 unspecified atom stereocenters. The summed E-state index contributed by atoms with van der Waals surface area (Å²) in [6.45, 7) is 2.76. The Morgan fingerprint density at radius 1 is 1.15 bits per heavy atom. The number of carbonyl (C=O) groups is 2. The van der Waals surface area contributed by atoms with Crippen LogP contribution in [0.3, 0.4) is 0 Å². The minimum Gasteiger partial charge on any atom is -0.481 e. The van der Waals surface area contributed by atoms with E-state index >= 15 is 0 Å². The maximum atomic E-state index is 12.8. The van der Waals surface area contributed by atoms with Gasteiger partial charge in [-0.15, -0.1) is 0 Å². The quantitative estimate of drug-likeness (QED) is 0.540. The zero-order chi connectivity index (χ0) is 19.6. The Labute approximate surface area is 158 Å². The topological polar surface area (TPSA) is 107 Å². The van der Waals surface area contributed by atoms with E-state index in [2.05, 4.69) is 0 Å². The number of nitrogens with one attached hydrogen (secondary N) is 1. The number of nitrogens with zero attached hydrogens (tertiary/aromatic N) is 1. The molecule has 0 aliphatic carbocycles. The zero-order valence-electron chi connectivity index (χ0n) is 15.2. The molecule has 0 saturated carbocycles. The minimum atomic E-state index is -0.892. The van der Waals surface area contributed by atoms with Crippen molar-refractivity contribution in [3.05, 3.63) is 59.7 Å². The second kappa shape index (κ2) is 7.23. The fraction of sp³-hybridized carbons (Fsp3) is 0.286. The van der Waals surface area contributed by atoms with Crippen molar-refractivity contribution < 1.29 is 14.7 Å². The smallest absolute Gasteiger partial charge is 0.305 e. The molecule has 140 valence electrons. The first kappa shape index (κ1) is 18.6. The van der Waals surface area contributed by atoms with Crippen molar-refractivity contribution in [1.29, 1.82) is 5.41 Å². The summed E-state index contributed by atoms with van der Waals surface area (Å²) in [5.74, 6) is -0.865. The van der Waals surface area contributed by atoms with E-state index in [0.29, 0.717) is 18.5 Å².